The lowest BCUT2D eigenvalue weighted by atomic mass is 10.2. The molecule has 1 aromatic rings. The summed E-state index contributed by atoms with van der Waals surface area (Å²) in [6.07, 6.45) is 3.23. The maximum Gasteiger partial charge on any atom is 0.236 e. The summed E-state index contributed by atoms with van der Waals surface area (Å²) >= 11 is 0. The summed E-state index contributed by atoms with van der Waals surface area (Å²) in [6, 6.07) is 9.55. The highest BCUT2D eigenvalue weighted by Gasteiger charge is 2.31. The van der Waals surface area contributed by atoms with Crippen LogP contribution in [-0.2, 0) is 21.4 Å². The Morgan fingerprint density at radius 1 is 1.32 bits per heavy atom. The van der Waals surface area contributed by atoms with E-state index in [4.69, 9.17) is 4.74 Å². The van der Waals surface area contributed by atoms with E-state index in [-0.39, 0.29) is 6.04 Å². The summed E-state index contributed by atoms with van der Waals surface area (Å²) < 4.78 is 30.4. The van der Waals surface area contributed by atoms with E-state index >= 15 is 0 Å². The van der Waals surface area contributed by atoms with Gasteiger partial charge in [-0.25, -0.2) is 8.42 Å². The van der Waals surface area contributed by atoms with E-state index in [0.29, 0.717) is 19.8 Å². The molecule has 0 fully saturated rings. The van der Waals surface area contributed by atoms with Crippen molar-refractivity contribution < 1.29 is 13.2 Å². The van der Waals surface area contributed by atoms with Gasteiger partial charge in [-0.3, -0.25) is 0 Å². The molecule has 0 N–H and O–H groups in total. The molecule has 0 saturated heterocycles. The van der Waals surface area contributed by atoms with Gasteiger partial charge in [0, 0.05) is 12.0 Å². The summed E-state index contributed by atoms with van der Waals surface area (Å²) in [4.78, 5) is 0. The van der Waals surface area contributed by atoms with E-state index in [1.54, 1.807) is 12.2 Å². The molecule has 2 rings (SSSR count). The summed E-state index contributed by atoms with van der Waals surface area (Å²) in [6.45, 7) is 4.70. The zero-order chi connectivity index (χ0) is 13.7. The van der Waals surface area contributed by atoms with Crippen LogP contribution in [0.15, 0.2) is 54.5 Å². The molecule has 0 bridgehead atoms. The average molecular weight is 279 g/mol. The zero-order valence-electron chi connectivity index (χ0n) is 10.6. The number of rotatable bonds is 6. The standard InChI is InChI=1S/C14H17NO3S/c1-2-9-15-14(8-10-19(15,16)17)12-18-11-13-6-4-3-5-7-13/h2-8,10,14H,1,9,11-12H2/t14-/m0/s1. The number of benzene rings is 1. The second-order valence-electron chi connectivity index (χ2n) is 4.30. The first kappa shape index (κ1) is 14.0. The zero-order valence-corrected chi connectivity index (χ0v) is 11.4. The SMILES string of the molecule is C=CCN1[C@H](COCc2ccccc2)C=CS1(=O)=O. The lowest BCUT2D eigenvalue weighted by molar-refractivity contribution is 0.0946. The van der Waals surface area contributed by atoms with E-state index in [1.165, 1.54) is 9.71 Å². The molecular weight excluding hydrogens is 262 g/mol. The van der Waals surface area contributed by atoms with Gasteiger partial charge >= 0.3 is 0 Å². The Morgan fingerprint density at radius 2 is 2.05 bits per heavy atom. The minimum atomic E-state index is -3.29. The molecule has 5 heteroatoms. The normalized spacial score (nSPS) is 21.6. The predicted molar refractivity (Wildman–Crippen MR) is 74.8 cm³/mol. The molecule has 0 radical (unpaired) electrons. The van der Waals surface area contributed by atoms with Crippen LogP contribution in [0.2, 0.25) is 0 Å². The molecule has 1 heterocycles. The number of sulfonamides is 1. The summed E-state index contributed by atoms with van der Waals surface area (Å²) in [7, 11) is -3.29. The second-order valence-corrected chi connectivity index (χ2v) is 6.07. The molecule has 1 aliphatic heterocycles. The van der Waals surface area contributed by atoms with Crippen LogP contribution in [0.1, 0.15) is 5.56 Å². The predicted octanol–water partition coefficient (Wildman–Crippen LogP) is 1.92. The third-order valence-corrected chi connectivity index (χ3v) is 4.45. The highest BCUT2D eigenvalue weighted by Crippen LogP contribution is 2.18. The smallest absolute Gasteiger partial charge is 0.236 e. The lowest BCUT2D eigenvalue weighted by Crippen LogP contribution is -2.36. The van der Waals surface area contributed by atoms with Crippen molar-refractivity contribution in [1.29, 1.82) is 0 Å². The Balaban J connectivity index is 1.89. The van der Waals surface area contributed by atoms with Crippen molar-refractivity contribution in [2.45, 2.75) is 12.6 Å². The van der Waals surface area contributed by atoms with Crippen molar-refractivity contribution in [2.75, 3.05) is 13.2 Å². The third kappa shape index (κ3) is 3.53. The fourth-order valence-electron chi connectivity index (χ4n) is 1.93. The van der Waals surface area contributed by atoms with Crippen molar-refractivity contribution in [1.82, 2.24) is 4.31 Å². The fourth-order valence-corrected chi connectivity index (χ4v) is 3.29. The molecular formula is C14H17NO3S. The van der Waals surface area contributed by atoms with Crippen molar-refractivity contribution in [3.63, 3.8) is 0 Å². The van der Waals surface area contributed by atoms with Crippen LogP contribution in [0.25, 0.3) is 0 Å². The highest BCUT2D eigenvalue weighted by atomic mass is 32.2. The van der Waals surface area contributed by atoms with Crippen molar-refractivity contribution in [2.24, 2.45) is 0 Å². The van der Waals surface area contributed by atoms with E-state index in [1.807, 2.05) is 30.3 Å². The molecule has 0 aromatic heterocycles. The molecule has 1 atom stereocenters. The van der Waals surface area contributed by atoms with Crippen molar-refractivity contribution >= 4 is 10.0 Å². The Bertz CT molecular complexity index is 551. The van der Waals surface area contributed by atoms with Gasteiger partial charge in [0.05, 0.1) is 19.3 Å². The summed E-state index contributed by atoms with van der Waals surface area (Å²) in [5.74, 6) is 0. The van der Waals surface area contributed by atoms with Crippen LogP contribution in [0.4, 0.5) is 0 Å². The Labute approximate surface area is 114 Å². The lowest BCUT2D eigenvalue weighted by Gasteiger charge is -2.21. The molecule has 0 amide bonds. The van der Waals surface area contributed by atoms with Gasteiger partial charge in [-0.1, -0.05) is 42.5 Å². The van der Waals surface area contributed by atoms with E-state index in [0.717, 1.165) is 5.56 Å². The van der Waals surface area contributed by atoms with Crippen LogP contribution in [-0.4, -0.2) is 31.9 Å². The minimum absolute atomic E-state index is 0.244. The molecule has 0 spiro atoms. The van der Waals surface area contributed by atoms with E-state index in [2.05, 4.69) is 6.58 Å². The second kappa shape index (κ2) is 6.14. The average Bonchev–Trinajstić information content (AvgIpc) is 2.68. The van der Waals surface area contributed by atoms with Gasteiger partial charge in [-0.15, -0.1) is 6.58 Å². The van der Waals surface area contributed by atoms with Crippen LogP contribution >= 0.6 is 0 Å². The molecule has 19 heavy (non-hydrogen) atoms. The highest BCUT2D eigenvalue weighted by molar-refractivity contribution is 7.92. The first-order chi connectivity index (χ1) is 9.13. The Kier molecular flexibility index (Phi) is 4.52. The van der Waals surface area contributed by atoms with Gasteiger partial charge in [0.1, 0.15) is 0 Å². The van der Waals surface area contributed by atoms with Crippen molar-refractivity contribution in [3.05, 3.63) is 60.0 Å². The first-order valence-electron chi connectivity index (χ1n) is 6.06. The number of hydrogen-bond donors (Lipinski definition) is 0. The molecule has 4 nitrogen and oxygen atoms in total. The summed E-state index contributed by atoms with van der Waals surface area (Å²) in [5.41, 5.74) is 1.07. The molecule has 0 saturated carbocycles. The number of hydrogen-bond acceptors (Lipinski definition) is 3. The first-order valence-corrected chi connectivity index (χ1v) is 7.56. The van der Waals surface area contributed by atoms with Crippen molar-refractivity contribution in [3.8, 4) is 0 Å². The molecule has 1 aliphatic rings. The quantitative estimate of drug-likeness (QED) is 0.747. The summed E-state index contributed by atoms with van der Waals surface area (Å²) in [5, 5.41) is 1.23. The van der Waals surface area contributed by atoms with E-state index in [9.17, 15) is 8.42 Å². The monoisotopic (exact) mass is 279 g/mol. The van der Waals surface area contributed by atoms with Crippen LogP contribution < -0.4 is 0 Å². The molecule has 1 aromatic carbocycles. The van der Waals surface area contributed by atoms with Gasteiger partial charge in [0.25, 0.3) is 0 Å². The number of ether oxygens (including phenoxy) is 1. The topological polar surface area (TPSA) is 46.6 Å². The van der Waals surface area contributed by atoms with Gasteiger partial charge < -0.3 is 4.74 Å². The Morgan fingerprint density at radius 3 is 2.74 bits per heavy atom. The Hall–Kier alpha value is -1.43. The van der Waals surface area contributed by atoms with Crippen LogP contribution in [0.5, 0.6) is 0 Å². The molecule has 0 unspecified atom stereocenters. The maximum atomic E-state index is 11.7. The largest absolute Gasteiger partial charge is 0.375 e. The van der Waals surface area contributed by atoms with Crippen LogP contribution in [0.3, 0.4) is 0 Å². The minimum Gasteiger partial charge on any atom is -0.375 e. The van der Waals surface area contributed by atoms with Gasteiger partial charge in [0.2, 0.25) is 10.0 Å². The van der Waals surface area contributed by atoms with Gasteiger partial charge in [-0.2, -0.15) is 4.31 Å². The van der Waals surface area contributed by atoms with E-state index < -0.39 is 10.0 Å². The fraction of sp³-hybridized carbons (Fsp3) is 0.286. The van der Waals surface area contributed by atoms with Crippen LogP contribution in [0, 0.1) is 0 Å². The maximum absolute atomic E-state index is 11.7. The number of nitrogens with zero attached hydrogens (tertiary/aromatic N) is 1. The third-order valence-electron chi connectivity index (χ3n) is 2.88. The molecule has 102 valence electrons. The van der Waals surface area contributed by atoms with Gasteiger partial charge in [-0.05, 0) is 5.56 Å². The van der Waals surface area contributed by atoms with Gasteiger partial charge in [0.15, 0.2) is 0 Å². The molecule has 0 aliphatic carbocycles.